The minimum atomic E-state index is -0.327. The number of methoxy groups -OCH3 is 1. The van der Waals surface area contributed by atoms with Crippen molar-refractivity contribution in [2.75, 3.05) is 19.0 Å². The molecule has 0 spiro atoms. The molecule has 32 heavy (non-hydrogen) atoms. The molecule has 0 aliphatic carbocycles. The first kappa shape index (κ1) is 19.9. The fraction of sp³-hybridized carbons (Fsp3) is 0.154. The molecular formula is C26H23N3O3. The molecule has 160 valence electrons. The fourth-order valence-corrected chi connectivity index (χ4v) is 4.49. The lowest BCUT2D eigenvalue weighted by atomic mass is 9.97. The van der Waals surface area contributed by atoms with Crippen LogP contribution in [0.1, 0.15) is 27.5 Å². The monoisotopic (exact) mass is 425 g/mol. The Kier molecular flexibility index (Phi) is 4.90. The van der Waals surface area contributed by atoms with E-state index in [9.17, 15) is 9.59 Å². The number of nitrogens with zero attached hydrogens (tertiary/aromatic N) is 2. The molecule has 0 unspecified atom stereocenters. The van der Waals surface area contributed by atoms with Gasteiger partial charge in [-0.05, 0) is 42.0 Å². The summed E-state index contributed by atoms with van der Waals surface area (Å²) in [6, 6.07) is 22.5. The molecular weight excluding hydrogens is 402 g/mol. The Morgan fingerprint density at radius 1 is 0.969 bits per heavy atom. The van der Waals surface area contributed by atoms with E-state index in [2.05, 4.69) is 28.2 Å². The molecule has 3 aromatic carbocycles. The smallest absolute Gasteiger partial charge is 0.255 e. The Morgan fingerprint density at radius 3 is 2.47 bits per heavy atom. The van der Waals surface area contributed by atoms with E-state index in [0.717, 1.165) is 22.0 Å². The fourth-order valence-electron chi connectivity index (χ4n) is 4.49. The number of anilines is 1. The lowest BCUT2D eigenvalue weighted by Gasteiger charge is -2.25. The Labute approximate surface area is 186 Å². The van der Waals surface area contributed by atoms with Crippen LogP contribution in [-0.4, -0.2) is 34.9 Å². The van der Waals surface area contributed by atoms with E-state index in [1.807, 2.05) is 43.4 Å². The number of aryl methyl sites for hydroxylation is 1. The molecule has 2 heterocycles. The number of rotatable bonds is 5. The molecule has 1 aromatic heterocycles. The van der Waals surface area contributed by atoms with Gasteiger partial charge in [0.1, 0.15) is 12.3 Å². The number of carbonyl (C=O) groups is 2. The maximum atomic E-state index is 13.3. The molecule has 2 amide bonds. The minimum absolute atomic E-state index is 0.0482. The zero-order valence-corrected chi connectivity index (χ0v) is 17.9. The van der Waals surface area contributed by atoms with Gasteiger partial charge in [0.15, 0.2) is 0 Å². The standard InChI is InChI=1S/C26H23N3O3/c1-28-15-22(19-7-5-6-10-23(19)28)25-20-8-3-4-9-21(20)26(31)29(25)16-24(30)27-17-11-13-18(32-2)14-12-17/h3-15,25H,16H2,1-2H3,(H,27,30)/t25-/m0/s1. The number of benzene rings is 3. The second-order valence-corrected chi connectivity index (χ2v) is 7.91. The van der Waals surface area contributed by atoms with Gasteiger partial charge in [-0.25, -0.2) is 0 Å². The number of ether oxygens (including phenoxy) is 1. The lowest BCUT2D eigenvalue weighted by Crippen LogP contribution is -2.36. The van der Waals surface area contributed by atoms with E-state index < -0.39 is 0 Å². The first-order chi connectivity index (χ1) is 15.6. The van der Waals surface area contributed by atoms with Gasteiger partial charge in [-0.2, -0.15) is 0 Å². The largest absolute Gasteiger partial charge is 0.497 e. The molecule has 1 aliphatic heterocycles. The third kappa shape index (κ3) is 3.30. The highest BCUT2D eigenvalue weighted by Gasteiger charge is 2.39. The van der Waals surface area contributed by atoms with Gasteiger partial charge in [0.05, 0.1) is 13.2 Å². The predicted molar refractivity (Wildman–Crippen MR) is 124 cm³/mol. The van der Waals surface area contributed by atoms with Gasteiger partial charge in [-0.15, -0.1) is 0 Å². The van der Waals surface area contributed by atoms with Gasteiger partial charge >= 0.3 is 0 Å². The van der Waals surface area contributed by atoms with Crippen LogP contribution < -0.4 is 10.1 Å². The summed E-state index contributed by atoms with van der Waals surface area (Å²) in [5.74, 6) is 0.328. The van der Waals surface area contributed by atoms with Gasteiger partial charge < -0.3 is 19.5 Å². The maximum absolute atomic E-state index is 13.3. The molecule has 4 aromatic rings. The number of nitrogens with one attached hydrogen (secondary N) is 1. The highest BCUT2D eigenvalue weighted by atomic mass is 16.5. The predicted octanol–water partition coefficient (Wildman–Crippen LogP) is 4.37. The number of hydrogen-bond acceptors (Lipinski definition) is 3. The van der Waals surface area contributed by atoms with E-state index in [1.165, 1.54) is 0 Å². The van der Waals surface area contributed by atoms with Crippen molar-refractivity contribution in [1.29, 1.82) is 0 Å². The van der Waals surface area contributed by atoms with Crippen molar-refractivity contribution in [3.05, 3.63) is 95.7 Å². The van der Waals surface area contributed by atoms with Crippen molar-refractivity contribution in [2.24, 2.45) is 7.05 Å². The maximum Gasteiger partial charge on any atom is 0.255 e. The first-order valence-electron chi connectivity index (χ1n) is 10.4. The van der Waals surface area contributed by atoms with E-state index in [1.54, 1.807) is 36.3 Å². The molecule has 0 bridgehead atoms. The van der Waals surface area contributed by atoms with Crippen molar-refractivity contribution < 1.29 is 14.3 Å². The summed E-state index contributed by atoms with van der Waals surface area (Å²) >= 11 is 0. The van der Waals surface area contributed by atoms with Crippen molar-refractivity contribution in [1.82, 2.24) is 9.47 Å². The van der Waals surface area contributed by atoms with Gasteiger partial charge in [0.2, 0.25) is 5.91 Å². The molecule has 6 nitrogen and oxygen atoms in total. The van der Waals surface area contributed by atoms with E-state index in [-0.39, 0.29) is 24.4 Å². The van der Waals surface area contributed by atoms with Crippen molar-refractivity contribution >= 4 is 28.4 Å². The molecule has 0 saturated heterocycles. The Hall–Kier alpha value is -4.06. The van der Waals surface area contributed by atoms with Gasteiger partial charge in [0, 0.05) is 41.0 Å². The number of hydrogen-bond donors (Lipinski definition) is 1. The number of para-hydroxylation sites is 1. The Morgan fingerprint density at radius 2 is 1.69 bits per heavy atom. The summed E-state index contributed by atoms with van der Waals surface area (Å²) in [6.45, 7) is -0.0482. The summed E-state index contributed by atoms with van der Waals surface area (Å²) in [5, 5.41) is 3.96. The molecule has 0 radical (unpaired) electrons. The molecule has 0 fully saturated rings. The lowest BCUT2D eigenvalue weighted by molar-refractivity contribution is -0.117. The third-order valence-corrected chi connectivity index (χ3v) is 5.97. The van der Waals surface area contributed by atoms with Crippen molar-refractivity contribution in [3.63, 3.8) is 0 Å². The Bertz CT molecular complexity index is 1320. The zero-order valence-electron chi connectivity index (χ0n) is 17.9. The molecule has 1 atom stereocenters. The topological polar surface area (TPSA) is 63.6 Å². The summed E-state index contributed by atoms with van der Waals surface area (Å²) in [5.41, 5.74) is 4.32. The van der Waals surface area contributed by atoms with Crippen LogP contribution in [0, 0.1) is 0 Å². The van der Waals surface area contributed by atoms with Crippen LogP contribution in [0.15, 0.2) is 79.0 Å². The SMILES string of the molecule is COc1ccc(NC(=O)CN2C(=O)c3ccccc3[C@H]2c2cn(C)c3ccccc23)cc1. The van der Waals surface area contributed by atoms with E-state index in [4.69, 9.17) is 4.74 Å². The highest BCUT2D eigenvalue weighted by molar-refractivity contribution is 6.04. The molecule has 1 aliphatic rings. The molecule has 5 rings (SSSR count). The van der Waals surface area contributed by atoms with Crippen LogP contribution in [0.25, 0.3) is 10.9 Å². The summed E-state index contributed by atoms with van der Waals surface area (Å²) in [6.07, 6.45) is 2.05. The number of amides is 2. The first-order valence-corrected chi connectivity index (χ1v) is 10.4. The molecule has 0 saturated carbocycles. The van der Waals surface area contributed by atoms with Crippen LogP contribution in [0.2, 0.25) is 0 Å². The average Bonchev–Trinajstić information content (AvgIpc) is 3.29. The zero-order chi connectivity index (χ0) is 22.2. The summed E-state index contributed by atoms with van der Waals surface area (Å²) < 4.78 is 7.23. The third-order valence-electron chi connectivity index (χ3n) is 5.97. The van der Waals surface area contributed by atoms with Gasteiger partial charge in [-0.3, -0.25) is 9.59 Å². The van der Waals surface area contributed by atoms with Gasteiger partial charge in [0.25, 0.3) is 5.91 Å². The molecule has 6 heteroatoms. The van der Waals surface area contributed by atoms with Gasteiger partial charge in [-0.1, -0.05) is 36.4 Å². The normalized spacial score (nSPS) is 15.1. The quantitative estimate of drug-likeness (QED) is 0.516. The van der Waals surface area contributed by atoms with Crippen molar-refractivity contribution in [2.45, 2.75) is 6.04 Å². The van der Waals surface area contributed by atoms with Crippen molar-refractivity contribution in [3.8, 4) is 5.75 Å². The van der Waals surface area contributed by atoms with Crippen LogP contribution in [0.4, 0.5) is 5.69 Å². The van der Waals surface area contributed by atoms with Crippen LogP contribution in [0.3, 0.4) is 0 Å². The average molecular weight is 425 g/mol. The van der Waals surface area contributed by atoms with Crippen LogP contribution in [0.5, 0.6) is 5.75 Å². The van der Waals surface area contributed by atoms with E-state index in [0.29, 0.717) is 17.0 Å². The summed E-state index contributed by atoms with van der Waals surface area (Å²) in [7, 11) is 3.59. The number of aromatic nitrogens is 1. The second kappa shape index (κ2) is 7.89. The minimum Gasteiger partial charge on any atom is -0.497 e. The molecule has 1 N–H and O–H groups in total. The summed E-state index contributed by atoms with van der Waals surface area (Å²) in [4.78, 5) is 27.9. The van der Waals surface area contributed by atoms with Crippen LogP contribution in [-0.2, 0) is 11.8 Å². The second-order valence-electron chi connectivity index (χ2n) is 7.91. The van der Waals surface area contributed by atoms with E-state index >= 15 is 0 Å². The highest BCUT2D eigenvalue weighted by Crippen LogP contribution is 2.41. The Balaban J connectivity index is 1.50. The number of fused-ring (bicyclic) bond motifs is 2. The number of carbonyl (C=O) groups excluding carboxylic acids is 2. The van der Waals surface area contributed by atoms with Crippen LogP contribution >= 0.6 is 0 Å².